The summed E-state index contributed by atoms with van der Waals surface area (Å²) in [6.07, 6.45) is 2.40. The molecule has 0 amide bonds. The van der Waals surface area contributed by atoms with Gasteiger partial charge in [-0.3, -0.25) is 0 Å². The Kier molecular flexibility index (Phi) is 1.86. The van der Waals surface area contributed by atoms with Gasteiger partial charge >= 0.3 is 0 Å². The molecule has 0 fully saturated rings. The number of H-pyrrole nitrogens is 1. The Bertz CT molecular complexity index is 510. The number of hydrogen-bond donors (Lipinski definition) is 2. The molecule has 1 heterocycles. The average molecular weight is 200 g/mol. The number of benzene rings is 1. The summed E-state index contributed by atoms with van der Waals surface area (Å²) in [6.45, 7) is 2.15. The standard InChI is InChI=1S/C13H16N2/c1-8-3-4-10-9(7-8)13-11(14-2)5-6-12(13)15-10/h3-4,7,11,14-15H,5-6H2,1-2H3. The Balaban J connectivity index is 2.29. The van der Waals surface area contributed by atoms with E-state index in [9.17, 15) is 0 Å². The topological polar surface area (TPSA) is 27.8 Å². The van der Waals surface area contributed by atoms with Gasteiger partial charge in [-0.1, -0.05) is 11.6 Å². The lowest BCUT2D eigenvalue weighted by Crippen LogP contribution is -2.12. The number of hydrogen-bond acceptors (Lipinski definition) is 1. The minimum atomic E-state index is 0.538. The summed E-state index contributed by atoms with van der Waals surface area (Å²) in [5.74, 6) is 0. The number of nitrogens with one attached hydrogen (secondary N) is 2. The second-order valence-corrected chi connectivity index (χ2v) is 4.45. The molecule has 1 aromatic carbocycles. The Morgan fingerprint density at radius 3 is 3.07 bits per heavy atom. The van der Waals surface area contributed by atoms with Gasteiger partial charge in [0.1, 0.15) is 0 Å². The van der Waals surface area contributed by atoms with E-state index in [1.807, 2.05) is 7.05 Å². The molecule has 2 heteroatoms. The van der Waals surface area contributed by atoms with E-state index in [0.29, 0.717) is 6.04 Å². The summed E-state index contributed by atoms with van der Waals surface area (Å²) in [7, 11) is 2.05. The molecule has 15 heavy (non-hydrogen) atoms. The van der Waals surface area contributed by atoms with Crippen molar-refractivity contribution in [2.45, 2.75) is 25.8 Å². The normalized spacial score (nSPS) is 19.7. The summed E-state index contributed by atoms with van der Waals surface area (Å²) >= 11 is 0. The number of aryl methyl sites for hydroxylation is 2. The van der Waals surface area contributed by atoms with Crippen LogP contribution in [-0.4, -0.2) is 12.0 Å². The van der Waals surface area contributed by atoms with E-state index < -0.39 is 0 Å². The molecule has 2 aromatic rings. The molecular formula is C13H16N2. The summed E-state index contributed by atoms with van der Waals surface area (Å²) < 4.78 is 0. The molecule has 1 unspecified atom stereocenters. The van der Waals surface area contributed by atoms with Crippen LogP contribution in [0.2, 0.25) is 0 Å². The maximum absolute atomic E-state index is 3.53. The van der Waals surface area contributed by atoms with Crippen molar-refractivity contribution in [3.05, 3.63) is 35.0 Å². The Labute approximate surface area is 89.7 Å². The number of rotatable bonds is 1. The van der Waals surface area contributed by atoms with E-state index in [1.54, 1.807) is 0 Å². The van der Waals surface area contributed by atoms with Crippen LogP contribution in [0.4, 0.5) is 0 Å². The van der Waals surface area contributed by atoms with E-state index in [2.05, 4.69) is 35.4 Å². The first-order chi connectivity index (χ1) is 7.29. The molecule has 0 spiro atoms. The fourth-order valence-electron chi connectivity index (χ4n) is 2.70. The van der Waals surface area contributed by atoms with E-state index in [4.69, 9.17) is 0 Å². The van der Waals surface area contributed by atoms with Crippen LogP contribution in [0.15, 0.2) is 18.2 Å². The molecule has 0 saturated heterocycles. The highest BCUT2D eigenvalue weighted by atomic mass is 14.9. The molecule has 0 bridgehead atoms. The van der Waals surface area contributed by atoms with Crippen LogP contribution in [0.1, 0.15) is 29.3 Å². The van der Waals surface area contributed by atoms with Gasteiger partial charge in [0.05, 0.1) is 0 Å². The van der Waals surface area contributed by atoms with Gasteiger partial charge in [-0.15, -0.1) is 0 Å². The third-order valence-corrected chi connectivity index (χ3v) is 3.46. The van der Waals surface area contributed by atoms with Gasteiger partial charge in [-0.05, 0) is 44.5 Å². The third-order valence-electron chi connectivity index (χ3n) is 3.46. The summed E-state index contributed by atoms with van der Waals surface area (Å²) in [5, 5.41) is 4.80. The molecule has 0 aliphatic heterocycles. The second-order valence-electron chi connectivity index (χ2n) is 4.45. The van der Waals surface area contributed by atoms with Gasteiger partial charge < -0.3 is 10.3 Å². The van der Waals surface area contributed by atoms with Crippen molar-refractivity contribution in [2.75, 3.05) is 7.05 Å². The van der Waals surface area contributed by atoms with Crippen LogP contribution in [0.3, 0.4) is 0 Å². The van der Waals surface area contributed by atoms with Crippen molar-refractivity contribution in [3.63, 3.8) is 0 Å². The lowest BCUT2D eigenvalue weighted by molar-refractivity contribution is 0.592. The highest BCUT2D eigenvalue weighted by Crippen LogP contribution is 2.36. The number of aromatic nitrogens is 1. The lowest BCUT2D eigenvalue weighted by atomic mass is 10.1. The van der Waals surface area contributed by atoms with Crippen LogP contribution < -0.4 is 5.32 Å². The molecule has 2 N–H and O–H groups in total. The van der Waals surface area contributed by atoms with Crippen LogP contribution in [0, 0.1) is 6.92 Å². The van der Waals surface area contributed by atoms with Crippen LogP contribution in [0.25, 0.3) is 10.9 Å². The molecular weight excluding hydrogens is 184 g/mol. The smallest absolute Gasteiger partial charge is 0.0459 e. The average Bonchev–Trinajstić information content (AvgIpc) is 2.76. The zero-order valence-electron chi connectivity index (χ0n) is 9.22. The molecule has 0 radical (unpaired) electrons. The maximum Gasteiger partial charge on any atom is 0.0459 e. The van der Waals surface area contributed by atoms with Gasteiger partial charge in [0, 0.05) is 22.6 Å². The van der Waals surface area contributed by atoms with Crippen LogP contribution in [0.5, 0.6) is 0 Å². The first-order valence-corrected chi connectivity index (χ1v) is 5.58. The molecule has 1 aliphatic rings. The second kappa shape index (κ2) is 3.11. The Morgan fingerprint density at radius 1 is 1.40 bits per heavy atom. The van der Waals surface area contributed by atoms with Crippen LogP contribution in [-0.2, 0) is 6.42 Å². The quantitative estimate of drug-likeness (QED) is 0.727. The van der Waals surface area contributed by atoms with Gasteiger partial charge in [-0.25, -0.2) is 0 Å². The number of fused-ring (bicyclic) bond motifs is 3. The molecule has 1 atom stereocenters. The summed E-state index contributed by atoms with van der Waals surface area (Å²) in [6, 6.07) is 7.19. The summed E-state index contributed by atoms with van der Waals surface area (Å²) in [4.78, 5) is 3.53. The molecule has 78 valence electrons. The maximum atomic E-state index is 3.53. The van der Waals surface area contributed by atoms with Crippen molar-refractivity contribution in [2.24, 2.45) is 0 Å². The van der Waals surface area contributed by atoms with Crippen molar-refractivity contribution in [1.82, 2.24) is 10.3 Å². The van der Waals surface area contributed by atoms with Crippen LogP contribution >= 0.6 is 0 Å². The van der Waals surface area contributed by atoms with Gasteiger partial charge in [0.2, 0.25) is 0 Å². The fourth-order valence-corrected chi connectivity index (χ4v) is 2.70. The molecule has 0 saturated carbocycles. The van der Waals surface area contributed by atoms with E-state index in [-0.39, 0.29) is 0 Å². The highest BCUT2D eigenvalue weighted by Gasteiger charge is 2.25. The highest BCUT2D eigenvalue weighted by molar-refractivity contribution is 5.86. The molecule has 2 nitrogen and oxygen atoms in total. The predicted molar refractivity (Wildman–Crippen MR) is 63.2 cm³/mol. The molecule has 1 aliphatic carbocycles. The van der Waals surface area contributed by atoms with E-state index >= 15 is 0 Å². The largest absolute Gasteiger partial charge is 0.358 e. The fraction of sp³-hybridized carbons (Fsp3) is 0.385. The van der Waals surface area contributed by atoms with Gasteiger partial charge in [0.25, 0.3) is 0 Å². The SMILES string of the molecule is CNC1CCc2[nH]c3ccc(C)cc3c21. The van der Waals surface area contributed by atoms with Gasteiger partial charge in [0.15, 0.2) is 0 Å². The minimum Gasteiger partial charge on any atom is -0.358 e. The van der Waals surface area contributed by atoms with E-state index in [0.717, 1.165) is 0 Å². The van der Waals surface area contributed by atoms with Crippen molar-refractivity contribution in [3.8, 4) is 0 Å². The van der Waals surface area contributed by atoms with E-state index in [1.165, 1.54) is 40.6 Å². The predicted octanol–water partition coefficient (Wildman–Crippen LogP) is 2.68. The first kappa shape index (κ1) is 8.98. The van der Waals surface area contributed by atoms with Crippen molar-refractivity contribution in [1.29, 1.82) is 0 Å². The minimum absolute atomic E-state index is 0.538. The molecule has 3 rings (SSSR count). The van der Waals surface area contributed by atoms with Gasteiger partial charge in [-0.2, -0.15) is 0 Å². The zero-order chi connectivity index (χ0) is 10.4. The monoisotopic (exact) mass is 200 g/mol. The Hall–Kier alpha value is -1.28. The third kappa shape index (κ3) is 1.21. The van der Waals surface area contributed by atoms with Crippen molar-refractivity contribution >= 4 is 10.9 Å². The summed E-state index contributed by atoms with van der Waals surface area (Å²) in [5.41, 5.74) is 5.54. The number of aromatic amines is 1. The molecule has 1 aromatic heterocycles. The van der Waals surface area contributed by atoms with Crippen molar-refractivity contribution < 1.29 is 0 Å². The zero-order valence-corrected chi connectivity index (χ0v) is 9.22. The first-order valence-electron chi connectivity index (χ1n) is 5.58. The Morgan fingerprint density at radius 2 is 2.27 bits per heavy atom. The lowest BCUT2D eigenvalue weighted by Gasteiger charge is -2.09.